The van der Waals surface area contributed by atoms with Crippen molar-refractivity contribution in [2.75, 3.05) is 20.2 Å². The molecule has 2 heterocycles. The Morgan fingerprint density at radius 1 is 1.25 bits per heavy atom. The molecule has 2 aromatic rings. The molecule has 0 saturated carbocycles. The van der Waals surface area contributed by atoms with Crippen LogP contribution in [0.15, 0.2) is 42.7 Å². The van der Waals surface area contributed by atoms with Gasteiger partial charge in [-0.1, -0.05) is 12.1 Å². The first-order valence-corrected chi connectivity index (χ1v) is 8.63. The lowest BCUT2D eigenvalue weighted by atomic mass is 9.96. The van der Waals surface area contributed by atoms with E-state index in [1.165, 1.54) is 5.56 Å². The number of rotatable bonds is 6. The van der Waals surface area contributed by atoms with Crippen LogP contribution in [0.4, 0.5) is 0 Å². The summed E-state index contributed by atoms with van der Waals surface area (Å²) in [6.45, 7) is 2.70. The zero-order valence-corrected chi connectivity index (χ0v) is 14.2. The first kappa shape index (κ1) is 16.6. The fourth-order valence-electron chi connectivity index (χ4n) is 3.24. The molecule has 5 heteroatoms. The molecule has 1 aromatic heterocycles. The minimum Gasteiger partial charge on any atom is -0.497 e. The van der Waals surface area contributed by atoms with E-state index in [0.29, 0.717) is 12.3 Å². The highest BCUT2D eigenvalue weighted by molar-refractivity contribution is 5.76. The number of ether oxygens (including phenoxy) is 1. The molecule has 0 N–H and O–H groups in total. The van der Waals surface area contributed by atoms with E-state index in [0.717, 1.165) is 44.6 Å². The molecule has 5 nitrogen and oxygen atoms in total. The molecule has 1 aromatic carbocycles. The van der Waals surface area contributed by atoms with Crippen molar-refractivity contribution in [3.63, 3.8) is 0 Å². The maximum absolute atomic E-state index is 12.4. The van der Waals surface area contributed by atoms with Gasteiger partial charge in [0, 0.05) is 38.4 Å². The second-order valence-electron chi connectivity index (χ2n) is 6.40. The number of hydrogen-bond donors (Lipinski definition) is 0. The number of aryl methyl sites for hydroxylation is 1. The van der Waals surface area contributed by atoms with Crippen LogP contribution in [0.3, 0.4) is 0 Å². The van der Waals surface area contributed by atoms with Gasteiger partial charge >= 0.3 is 0 Å². The van der Waals surface area contributed by atoms with Gasteiger partial charge in [0.1, 0.15) is 5.75 Å². The van der Waals surface area contributed by atoms with Crippen LogP contribution < -0.4 is 4.74 Å². The Labute approximate surface area is 143 Å². The van der Waals surface area contributed by atoms with Gasteiger partial charge in [0.15, 0.2) is 0 Å². The molecule has 128 valence electrons. The highest BCUT2D eigenvalue weighted by atomic mass is 16.5. The zero-order valence-electron chi connectivity index (χ0n) is 14.2. The molecule has 1 aliphatic rings. The Balaban J connectivity index is 1.41. The molecular formula is C19H25N3O2. The van der Waals surface area contributed by atoms with E-state index in [1.54, 1.807) is 7.11 Å². The molecule has 24 heavy (non-hydrogen) atoms. The number of aromatic nitrogens is 2. The van der Waals surface area contributed by atoms with Gasteiger partial charge in [0.25, 0.3) is 0 Å². The zero-order chi connectivity index (χ0) is 16.8. The number of carbonyl (C=O) groups excluding carboxylic acids is 1. The highest BCUT2D eigenvalue weighted by Gasteiger charge is 2.22. The quantitative estimate of drug-likeness (QED) is 0.820. The Morgan fingerprint density at radius 3 is 2.62 bits per heavy atom. The molecule has 0 spiro atoms. The molecule has 3 rings (SSSR count). The fraction of sp³-hybridized carbons (Fsp3) is 0.474. The lowest BCUT2D eigenvalue weighted by Crippen LogP contribution is -2.39. The lowest BCUT2D eigenvalue weighted by molar-refractivity contribution is -0.132. The predicted molar refractivity (Wildman–Crippen MR) is 92.8 cm³/mol. The van der Waals surface area contributed by atoms with E-state index in [1.807, 2.05) is 52.3 Å². The predicted octanol–water partition coefficient (Wildman–Crippen LogP) is 2.76. The van der Waals surface area contributed by atoms with E-state index < -0.39 is 0 Å². The maximum Gasteiger partial charge on any atom is 0.222 e. The summed E-state index contributed by atoms with van der Waals surface area (Å²) in [5.74, 6) is 1.74. The summed E-state index contributed by atoms with van der Waals surface area (Å²) < 4.78 is 7.15. The van der Waals surface area contributed by atoms with Crippen LogP contribution in [0.1, 0.15) is 24.8 Å². The van der Waals surface area contributed by atoms with Gasteiger partial charge in [0.2, 0.25) is 5.91 Å². The molecule has 0 atom stereocenters. The van der Waals surface area contributed by atoms with Crippen molar-refractivity contribution in [3.05, 3.63) is 48.3 Å². The van der Waals surface area contributed by atoms with Crippen LogP contribution in [0.25, 0.3) is 0 Å². The van der Waals surface area contributed by atoms with E-state index in [-0.39, 0.29) is 5.91 Å². The van der Waals surface area contributed by atoms with Crippen molar-refractivity contribution in [1.82, 2.24) is 14.7 Å². The van der Waals surface area contributed by atoms with Crippen LogP contribution in [0.5, 0.6) is 5.75 Å². The average molecular weight is 327 g/mol. The molecule has 1 amide bonds. The standard InChI is InChI=1S/C19H25N3O2/c1-24-18-6-3-16(4-7-18)5-8-19(23)21-13-9-17(10-14-21)15-22-12-2-11-20-22/h2-4,6-7,11-12,17H,5,8-10,13-15H2,1H3. The Kier molecular flexibility index (Phi) is 5.51. The average Bonchev–Trinajstić information content (AvgIpc) is 3.14. The molecule has 1 saturated heterocycles. The van der Waals surface area contributed by atoms with Crippen molar-refractivity contribution in [2.24, 2.45) is 5.92 Å². The second kappa shape index (κ2) is 7.99. The van der Waals surface area contributed by atoms with Gasteiger partial charge in [-0.2, -0.15) is 5.10 Å². The topological polar surface area (TPSA) is 47.4 Å². The summed E-state index contributed by atoms with van der Waals surface area (Å²) >= 11 is 0. The van der Waals surface area contributed by atoms with Gasteiger partial charge < -0.3 is 9.64 Å². The first-order valence-electron chi connectivity index (χ1n) is 8.63. The Hall–Kier alpha value is -2.30. The van der Waals surface area contributed by atoms with Crippen molar-refractivity contribution < 1.29 is 9.53 Å². The van der Waals surface area contributed by atoms with Gasteiger partial charge in [-0.3, -0.25) is 9.48 Å². The number of piperidine rings is 1. The maximum atomic E-state index is 12.4. The summed E-state index contributed by atoms with van der Waals surface area (Å²) in [6, 6.07) is 9.91. The summed E-state index contributed by atoms with van der Waals surface area (Å²) in [6.07, 6.45) is 7.32. The summed E-state index contributed by atoms with van der Waals surface area (Å²) in [7, 11) is 1.66. The Bertz CT molecular complexity index is 629. The molecule has 0 bridgehead atoms. The van der Waals surface area contributed by atoms with Gasteiger partial charge in [-0.25, -0.2) is 0 Å². The Morgan fingerprint density at radius 2 is 2.00 bits per heavy atom. The summed E-state index contributed by atoms with van der Waals surface area (Å²) in [5, 5.41) is 4.27. The molecule has 0 aliphatic carbocycles. The minimum absolute atomic E-state index is 0.267. The SMILES string of the molecule is COc1ccc(CCC(=O)N2CCC(Cn3cccn3)CC2)cc1. The van der Waals surface area contributed by atoms with Crippen molar-refractivity contribution in [3.8, 4) is 5.75 Å². The third-order valence-electron chi connectivity index (χ3n) is 4.76. The normalized spacial score (nSPS) is 15.5. The van der Waals surface area contributed by atoms with Crippen LogP contribution in [-0.2, 0) is 17.8 Å². The number of amides is 1. The third kappa shape index (κ3) is 4.37. The van der Waals surface area contributed by atoms with Gasteiger partial charge in [-0.05, 0) is 48.9 Å². The summed E-state index contributed by atoms with van der Waals surface area (Å²) in [5.41, 5.74) is 1.18. The largest absolute Gasteiger partial charge is 0.497 e. The van der Waals surface area contributed by atoms with Crippen LogP contribution in [0, 0.1) is 5.92 Å². The molecular weight excluding hydrogens is 302 g/mol. The number of likely N-dealkylation sites (tertiary alicyclic amines) is 1. The number of nitrogens with zero attached hydrogens (tertiary/aromatic N) is 3. The number of methoxy groups -OCH3 is 1. The fourth-order valence-corrected chi connectivity index (χ4v) is 3.24. The molecule has 0 unspecified atom stereocenters. The van der Waals surface area contributed by atoms with Crippen molar-refractivity contribution in [1.29, 1.82) is 0 Å². The first-order chi connectivity index (χ1) is 11.7. The van der Waals surface area contributed by atoms with Crippen molar-refractivity contribution >= 4 is 5.91 Å². The highest BCUT2D eigenvalue weighted by Crippen LogP contribution is 2.20. The van der Waals surface area contributed by atoms with E-state index >= 15 is 0 Å². The van der Waals surface area contributed by atoms with E-state index in [9.17, 15) is 4.79 Å². The van der Waals surface area contributed by atoms with Crippen LogP contribution in [-0.4, -0.2) is 40.8 Å². The third-order valence-corrected chi connectivity index (χ3v) is 4.76. The van der Waals surface area contributed by atoms with Gasteiger partial charge in [0.05, 0.1) is 7.11 Å². The molecule has 1 aliphatic heterocycles. The monoisotopic (exact) mass is 327 g/mol. The van der Waals surface area contributed by atoms with Crippen LogP contribution >= 0.6 is 0 Å². The number of hydrogen-bond acceptors (Lipinski definition) is 3. The second-order valence-corrected chi connectivity index (χ2v) is 6.40. The number of benzene rings is 1. The molecule has 1 fully saturated rings. The van der Waals surface area contributed by atoms with E-state index in [2.05, 4.69) is 5.10 Å². The smallest absolute Gasteiger partial charge is 0.222 e. The summed E-state index contributed by atoms with van der Waals surface area (Å²) in [4.78, 5) is 14.4. The van der Waals surface area contributed by atoms with Gasteiger partial charge in [-0.15, -0.1) is 0 Å². The molecule has 0 radical (unpaired) electrons. The van der Waals surface area contributed by atoms with Crippen molar-refractivity contribution in [2.45, 2.75) is 32.2 Å². The lowest BCUT2D eigenvalue weighted by Gasteiger charge is -2.32. The minimum atomic E-state index is 0.267. The number of carbonyl (C=O) groups is 1. The van der Waals surface area contributed by atoms with Crippen LogP contribution in [0.2, 0.25) is 0 Å². The van der Waals surface area contributed by atoms with E-state index in [4.69, 9.17) is 4.74 Å².